The zero-order chi connectivity index (χ0) is 25.4. The normalized spacial score (nSPS) is 12.1. The number of rotatable bonds is 9. The lowest BCUT2D eigenvalue weighted by molar-refractivity contribution is -0.205. The summed E-state index contributed by atoms with van der Waals surface area (Å²) in [6.45, 7) is 3.46. The number of hydrogen-bond acceptors (Lipinski definition) is 7. The molecule has 1 atom stereocenters. The number of nitrogens with zero attached hydrogens (tertiary/aromatic N) is 1. The molecule has 0 saturated carbocycles. The summed E-state index contributed by atoms with van der Waals surface area (Å²) >= 11 is 0. The minimum atomic E-state index is -4.81. The monoisotopic (exact) mass is 492 g/mol. The first-order valence-corrected chi connectivity index (χ1v) is 10.6. The van der Waals surface area contributed by atoms with Crippen LogP contribution in [-0.2, 0) is 25.6 Å². The van der Waals surface area contributed by atoms with E-state index in [2.05, 4.69) is 10.5 Å². The van der Waals surface area contributed by atoms with Crippen LogP contribution in [0.15, 0.2) is 59.1 Å². The molecule has 0 aliphatic heterocycles. The van der Waals surface area contributed by atoms with Crippen LogP contribution in [0.3, 0.4) is 0 Å². The zero-order valence-corrected chi connectivity index (χ0v) is 18.9. The van der Waals surface area contributed by atoms with Gasteiger partial charge in [-0.2, -0.15) is 13.2 Å². The van der Waals surface area contributed by atoms with Crippen LogP contribution in [-0.4, -0.2) is 36.6 Å². The van der Waals surface area contributed by atoms with Crippen LogP contribution >= 0.6 is 0 Å². The van der Waals surface area contributed by atoms with Gasteiger partial charge in [0.15, 0.2) is 5.76 Å². The SMILES string of the molecule is CCOC(=O)COCc1ccc(-c2onc(C)c2NC(=O)OC(c2ccccc2)C(F)(F)F)cc1. The number of carbonyl (C=O) groups is 2. The van der Waals surface area contributed by atoms with Crippen molar-refractivity contribution in [3.8, 4) is 11.3 Å². The van der Waals surface area contributed by atoms with Gasteiger partial charge in [-0.15, -0.1) is 0 Å². The van der Waals surface area contributed by atoms with E-state index in [1.54, 1.807) is 37.3 Å². The first-order valence-electron chi connectivity index (χ1n) is 10.6. The van der Waals surface area contributed by atoms with Gasteiger partial charge >= 0.3 is 18.2 Å². The number of anilines is 1. The second-order valence-electron chi connectivity index (χ2n) is 7.33. The fourth-order valence-electron chi connectivity index (χ4n) is 3.11. The molecule has 11 heteroatoms. The van der Waals surface area contributed by atoms with Crippen LogP contribution in [0.25, 0.3) is 11.3 Å². The van der Waals surface area contributed by atoms with Crippen molar-refractivity contribution in [1.29, 1.82) is 0 Å². The predicted molar refractivity (Wildman–Crippen MR) is 118 cm³/mol. The minimum absolute atomic E-state index is 0.0790. The van der Waals surface area contributed by atoms with Crippen molar-refractivity contribution < 1.29 is 41.5 Å². The van der Waals surface area contributed by atoms with Crippen LogP contribution < -0.4 is 5.32 Å². The molecule has 0 aliphatic rings. The molecule has 0 bridgehead atoms. The van der Waals surface area contributed by atoms with E-state index in [-0.39, 0.29) is 42.5 Å². The number of esters is 1. The summed E-state index contributed by atoms with van der Waals surface area (Å²) in [5.41, 5.74) is 1.38. The number of aromatic nitrogens is 1. The van der Waals surface area contributed by atoms with Gasteiger partial charge in [0.1, 0.15) is 18.0 Å². The van der Waals surface area contributed by atoms with Gasteiger partial charge in [-0.25, -0.2) is 9.59 Å². The van der Waals surface area contributed by atoms with Crippen LogP contribution in [0, 0.1) is 6.92 Å². The summed E-state index contributed by atoms with van der Waals surface area (Å²) in [4.78, 5) is 23.7. The van der Waals surface area contributed by atoms with E-state index < -0.39 is 24.3 Å². The highest BCUT2D eigenvalue weighted by Gasteiger charge is 2.44. The molecule has 1 unspecified atom stereocenters. The molecular formula is C24H23F3N2O6. The first kappa shape index (κ1) is 25.8. The second-order valence-corrected chi connectivity index (χ2v) is 7.33. The molecule has 0 fully saturated rings. The Bertz CT molecular complexity index is 1130. The molecule has 8 nitrogen and oxygen atoms in total. The van der Waals surface area contributed by atoms with Crippen molar-refractivity contribution in [2.75, 3.05) is 18.5 Å². The maximum absolute atomic E-state index is 13.5. The molecule has 0 spiro atoms. The average molecular weight is 492 g/mol. The number of ether oxygens (including phenoxy) is 3. The zero-order valence-electron chi connectivity index (χ0n) is 18.9. The van der Waals surface area contributed by atoms with Crippen molar-refractivity contribution in [1.82, 2.24) is 5.16 Å². The van der Waals surface area contributed by atoms with Gasteiger partial charge in [-0.3, -0.25) is 5.32 Å². The molecule has 1 heterocycles. The van der Waals surface area contributed by atoms with E-state index in [0.717, 1.165) is 5.56 Å². The summed E-state index contributed by atoms with van der Waals surface area (Å²) in [6, 6.07) is 13.6. The van der Waals surface area contributed by atoms with Crippen molar-refractivity contribution in [2.24, 2.45) is 0 Å². The summed E-state index contributed by atoms with van der Waals surface area (Å²) in [6.07, 6.45) is -8.56. The quantitative estimate of drug-likeness (QED) is 0.389. The van der Waals surface area contributed by atoms with Gasteiger partial charge in [0.25, 0.3) is 0 Å². The number of nitrogens with one attached hydrogen (secondary N) is 1. The van der Waals surface area contributed by atoms with Crippen molar-refractivity contribution >= 4 is 17.7 Å². The lowest BCUT2D eigenvalue weighted by Crippen LogP contribution is -2.28. The Morgan fingerprint density at radius 2 is 1.77 bits per heavy atom. The van der Waals surface area contributed by atoms with Gasteiger partial charge in [-0.1, -0.05) is 59.8 Å². The molecule has 1 aromatic heterocycles. The largest absolute Gasteiger partial charge is 0.464 e. The first-order chi connectivity index (χ1) is 16.7. The van der Waals surface area contributed by atoms with Crippen LogP contribution in [0.5, 0.6) is 0 Å². The van der Waals surface area contributed by atoms with Crippen LogP contribution in [0.4, 0.5) is 23.7 Å². The standard InChI is InChI=1S/C24H23F3N2O6/c1-3-33-19(30)14-32-13-16-9-11-17(12-10-16)21-20(15(2)29-35-21)28-23(31)34-22(24(25,26)27)18-7-5-4-6-8-18/h4-12,22H,3,13-14H2,1-2H3,(H,28,31). The molecule has 186 valence electrons. The van der Waals surface area contributed by atoms with Crippen molar-refractivity contribution in [3.63, 3.8) is 0 Å². The Morgan fingerprint density at radius 3 is 2.40 bits per heavy atom. The van der Waals surface area contributed by atoms with Gasteiger partial charge in [0.2, 0.25) is 6.10 Å². The van der Waals surface area contributed by atoms with Crippen LogP contribution in [0.2, 0.25) is 0 Å². The van der Waals surface area contributed by atoms with E-state index in [4.69, 9.17) is 18.7 Å². The third kappa shape index (κ3) is 7.06. The van der Waals surface area contributed by atoms with Crippen molar-refractivity contribution in [2.45, 2.75) is 32.7 Å². The highest BCUT2D eigenvalue weighted by Crippen LogP contribution is 2.37. The molecule has 3 rings (SSSR count). The molecule has 1 N–H and O–H groups in total. The Labute approximate surface area is 199 Å². The number of carbonyl (C=O) groups excluding carboxylic acids is 2. The summed E-state index contributed by atoms with van der Waals surface area (Å²) in [5.74, 6) is -0.328. The predicted octanol–water partition coefficient (Wildman–Crippen LogP) is 5.58. The Morgan fingerprint density at radius 1 is 1.09 bits per heavy atom. The number of aryl methyl sites for hydroxylation is 1. The molecule has 3 aromatic rings. The Hall–Kier alpha value is -3.86. The highest BCUT2D eigenvalue weighted by molar-refractivity contribution is 5.90. The maximum Gasteiger partial charge on any atom is 0.429 e. The fraction of sp³-hybridized carbons (Fsp3) is 0.292. The van der Waals surface area contributed by atoms with Crippen LogP contribution in [0.1, 0.15) is 29.8 Å². The lowest BCUT2D eigenvalue weighted by Gasteiger charge is -2.21. The molecule has 0 saturated heterocycles. The third-order valence-electron chi connectivity index (χ3n) is 4.72. The fourth-order valence-corrected chi connectivity index (χ4v) is 3.11. The number of benzene rings is 2. The molecule has 2 aromatic carbocycles. The van der Waals surface area contributed by atoms with Gasteiger partial charge in [0.05, 0.1) is 13.2 Å². The molecule has 35 heavy (non-hydrogen) atoms. The second kappa shape index (κ2) is 11.5. The molecular weight excluding hydrogens is 469 g/mol. The van der Waals surface area contributed by atoms with Crippen molar-refractivity contribution in [3.05, 3.63) is 71.4 Å². The number of amides is 1. The van der Waals surface area contributed by atoms with Gasteiger partial charge in [0, 0.05) is 11.1 Å². The third-order valence-corrected chi connectivity index (χ3v) is 4.72. The molecule has 0 aliphatic carbocycles. The summed E-state index contributed by atoms with van der Waals surface area (Å²) in [7, 11) is 0. The number of hydrogen-bond donors (Lipinski definition) is 1. The maximum atomic E-state index is 13.5. The summed E-state index contributed by atoms with van der Waals surface area (Å²) in [5, 5.41) is 6.11. The van der Waals surface area contributed by atoms with Gasteiger partial charge in [-0.05, 0) is 19.4 Å². The number of halogens is 3. The highest BCUT2D eigenvalue weighted by atomic mass is 19.4. The topological polar surface area (TPSA) is 99.9 Å². The lowest BCUT2D eigenvalue weighted by atomic mass is 10.1. The average Bonchev–Trinajstić information content (AvgIpc) is 3.18. The van der Waals surface area contributed by atoms with E-state index >= 15 is 0 Å². The Balaban J connectivity index is 1.69. The molecule has 1 amide bonds. The van der Waals surface area contributed by atoms with E-state index in [9.17, 15) is 22.8 Å². The smallest absolute Gasteiger partial charge is 0.429 e. The van der Waals surface area contributed by atoms with E-state index in [0.29, 0.717) is 5.56 Å². The number of alkyl halides is 3. The van der Waals surface area contributed by atoms with Gasteiger partial charge < -0.3 is 18.7 Å². The molecule has 0 radical (unpaired) electrons. The van der Waals surface area contributed by atoms with E-state index in [1.807, 2.05) is 0 Å². The summed E-state index contributed by atoms with van der Waals surface area (Å²) < 4.78 is 60.6. The minimum Gasteiger partial charge on any atom is -0.464 e. The van der Waals surface area contributed by atoms with E-state index in [1.165, 1.54) is 31.2 Å². The Kier molecular flexibility index (Phi) is 8.48.